The number of benzene rings is 3. The van der Waals surface area contributed by atoms with Gasteiger partial charge in [0, 0.05) is 16.6 Å². The minimum Gasteiger partial charge on any atom is -0.507 e. The summed E-state index contributed by atoms with van der Waals surface area (Å²) in [6, 6.07) is 17.9. The summed E-state index contributed by atoms with van der Waals surface area (Å²) < 4.78 is 0. The van der Waals surface area contributed by atoms with E-state index >= 15 is 0 Å². The van der Waals surface area contributed by atoms with Crippen molar-refractivity contribution in [1.29, 1.82) is 0 Å². The number of phenols is 1. The number of nitrogen functional groups attached to an aromatic ring is 1. The zero-order chi connectivity index (χ0) is 14.4. The molecule has 0 aromatic heterocycles. The third kappa shape index (κ3) is 1.87. The van der Waals surface area contributed by atoms with Gasteiger partial charge in [-0.2, -0.15) is 0 Å². The van der Waals surface area contributed by atoms with Gasteiger partial charge in [0.1, 0.15) is 5.75 Å². The summed E-state index contributed by atoms with van der Waals surface area (Å²) in [5.41, 5.74) is 10.2. The molecule has 0 unspecified atom stereocenters. The van der Waals surface area contributed by atoms with Crippen molar-refractivity contribution >= 4 is 16.5 Å². The normalized spacial score (nSPS) is 14.5. The minimum atomic E-state index is 0.290. The molecule has 4 rings (SSSR count). The van der Waals surface area contributed by atoms with E-state index in [0.717, 1.165) is 27.6 Å². The van der Waals surface area contributed by atoms with Gasteiger partial charge in [0.25, 0.3) is 0 Å². The first-order valence-electron chi connectivity index (χ1n) is 7.36. The van der Waals surface area contributed by atoms with E-state index in [9.17, 15) is 5.11 Å². The highest BCUT2D eigenvalue weighted by Crippen LogP contribution is 2.52. The molecule has 21 heavy (non-hydrogen) atoms. The summed E-state index contributed by atoms with van der Waals surface area (Å²) >= 11 is 0. The van der Waals surface area contributed by atoms with Crippen LogP contribution in [0.4, 0.5) is 5.69 Å². The van der Waals surface area contributed by atoms with E-state index in [1.807, 2.05) is 48.5 Å². The molecule has 0 saturated heterocycles. The maximum Gasteiger partial charge on any atom is 0.133 e. The second-order valence-electron chi connectivity index (χ2n) is 5.74. The summed E-state index contributed by atoms with van der Waals surface area (Å²) in [5.74, 6) is 0.830. The smallest absolute Gasteiger partial charge is 0.133 e. The summed E-state index contributed by atoms with van der Waals surface area (Å²) in [4.78, 5) is 0. The summed E-state index contributed by atoms with van der Waals surface area (Å²) in [6.07, 6.45) is 2.38. The maximum absolute atomic E-state index is 10.7. The number of aromatic hydroxyl groups is 1. The van der Waals surface area contributed by atoms with Crippen molar-refractivity contribution < 1.29 is 5.11 Å². The Hall–Kier alpha value is -2.48. The van der Waals surface area contributed by atoms with Crippen molar-refractivity contribution in [3.05, 3.63) is 60.2 Å². The molecule has 1 aliphatic rings. The largest absolute Gasteiger partial charge is 0.507 e. The highest BCUT2D eigenvalue weighted by atomic mass is 16.3. The quantitative estimate of drug-likeness (QED) is 0.667. The van der Waals surface area contributed by atoms with Gasteiger partial charge in [0.05, 0.1) is 0 Å². The number of nitrogens with two attached hydrogens (primary N) is 1. The Morgan fingerprint density at radius 1 is 0.857 bits per heavy atom. The van der Waals surface area contributed by atoms with Crippen LogP contribution in [-0.2, 0) is 0 Å². The van der Waals surface area contributed by atoms with E-state index in [2.05, 4.69) is 6.07 Å². The van der Waals surface area contributed by atoms with Crippen LogP contribution in [0.25, 0.3) is 21.9 Å². The predicted octanol–water partition coefficient (Wildman–Crippen LogP) is 4.67. The predicted molar refractivity (Wildman–Crippen MR) is 87.4 cm³/mol. The van der Waals surface area contributed by atoms with Gasteiger partial charge in [-0.05, 0) is 35.3 Å². The Labute approximate surface area is 123 Å². The molecular formula is C19H17NO. The van der Waals surface area contributed by atoms with Gasteiger partial charge in [0.2, 0.25) is 0 Å². The van der Waals surface area contributed by atoms with Crippen molar-refractivity contribution in [2.24, 2.45) is 0 Å². The maximum atomic E-state index is 10.7. The van der Waals surface area contributed by atoms with Crippen LogP contribution < -0.4 is 5.73 Å². The zero-order valence-electron chi connectivity index (χ0n) is 11.7. The second kappa shape index (κ2) is 4.52. The first-order chi connectivity index (χ1) is 10.3. The van der Waals surface area contributed by atoms with Gasteiger partial charge in [-0.3, -0.25) is 0 Å². The van der Waals surface area contributed by atoms with Crippen molar-refractivity contribution in [3.63, 3.8) is 0 Å². The fraction of sp³-hybridized carbons (Fsp3) is 0.158. The molecule has 3 aromatic carbocycles. The molecule has 3 N–H and O–H groups in total. The van der Waals surface area contributed by atoms with E-state index in [1.165, 1.54) is 18.4 Å². The van der Waals surface area contributed by atoms with Crippen LogP contribution in [0.15, 0.2) is 54.6 Å². The summed E-state index contributed by atoms with van der Waals surface area (Å²) in [6.45, 7) is 0. The van der Waals surface area contributed by atoms with E-state index in [4.69, 9.17) is 5.73 Å². The minimum absolute atomic E-state index is 0.290. The Kier molecular flexibility index (Phi) is 2.64. The fourth-order valence-electron chi connectivity index (χ4n) is 3.18. The molecule has 104 valence electrons. The number of rotatable bonds is 2. The van der Waals surface area contributed by atoms with E-state index in [-0.39, 0.29) is 0 Å². The van der Waals surface area contributed by atoms with Crippen LogP contribution >= 0.6 is 0 Å². The molecule has 0 radical (unpaired) electrons. The molecule has 0 amide bonds. The lowest BCUT2D eigenvalue weighted by atomic mass is 9.91. The van der Waals surface area contributed by atoms with Gasteiger partial charge in [-0.25, -0.2) is 0 Å². The standard InChI is InChI=1S/C19H17NO/c20-18-16(13-10-11-13)14-8-4-5-9-15(14)19(21)17(18)12-6-2-1-3-7-12/h1-9,13,21H,10-11,20H2. The van der Waals surface area contributed by atoms with Crippen LogP contribution in [0.1, 0.15) is 24.3 Å². The summed E-state index contributed by atoms with van der Waals surface area (Å²) in [7, 11) is 0. The van der Waals surface area contributed by atoms with Gasteiger partial charge in [-0.15, -0.1) is 0 Å². The lowest BCUT2D eigenvalue weighted by Crippen LogP contribution is -1.98. The van der Waals surface area contributed by atoms with E-state index < -0.39 is 0 Å². The van der Waals surface area contributed by atoms with Crippen molar-refractivity contribution in [3.8, 4) is 16.9 Å². The SMILES string of the molecule is Nc1c(-c2ccccc2)c(O)c2ccccc2c1C1CC1. The monoisotopic (exact) mass is 275 g/mol. The van der Waals surface area contributed by atoms with E-state index in [1.54, 1.807) is 0 Å². The lowest BCUT2D eigenvalue weighted by molar-refractivity contribution is 0.484. The number of phenolic OH excluding ortho intramolecular Hbond substituents is 1. The zero-order valence-corrected chi connectivity index (χ0v) is 11.7. The van der Waals surface area contributed by atoms with Gasteiger partial charge < -0.3 is 10.8 Å². The third-order valence-electron chi connectivity index (χ3n) is 4.32. The molecule has 0 atom stereocenters. The average Bonchev–Trinajstić information content (AvgIpc) is 3.33. The first-order valence-corrected chi connectivity index (χ1v) is 7.36. The van der Waals surface area contributed by atoms with Crippen LogP contribution in [0.3, 0.4) is 0 Å². The lowest BCUT2D eigenvalue weighted by Gasteiger charge is -2.17. The molecular weight excluding hydrogens is 258 g/mol. The molecule has 1 saturated carbocycles. The average molecular weight is 275 g/mol. The van der Waals surface area contributed by atoms with Crippen molar-refractivity contribution in [1.82, 2.24) is 0 Å². The van der Waals surface area contributed by atoms with E-state index in [0.29, 0.717) is 11.7 Å². The Balaban J connectivity index is 2.12. The highest BCUT2D eigenvalue weighted by Gasteiger charge is 2.30. The van der Waals surface area contributed by atoms with Gasteiger partial charge in [0.15, 0.2) is 0 Å². The molecule has 2 nitrogen and oxygen atoms in total. The summed E-state index contributed by atoms with van der Waals surface area (Å²) in [5, 5.41) is 12.7. The molecule has 3 aromatic rings. The third-order valence-corrected chi connectivity index (χ3v) is 4.32. The topological polar surface area (TPSA) is 46.2 Å². The molecule has 1 aliphatic carbocycles. The fourth-order valence-corrected chi connectivity index (χ4v) is 3.18. The number of hydrogen-bond acceptors (Lipinski definition) is 2. The molecule has 0 spiro atoms. The second-order valence-corrected chi connectivity index (χ2v) is 5.74. The first kappa shape index (κ1) is 12.3. The molecule has 0 heterocycles. The van der Waals surface area contributed by atoms with Crippen LogP contribution in [0.5, 0.6) is 5.75 Å². The molecule has 0 bridgehead atoms. The van der Waals surface area contributed by atoms with Crippen molar-refractivity contribution in [2.75, 3.05) is 5.73 Å². The van der Waals surface area contributed by atoms with Crippen LogP contribution in [-0.4, -0.2) is 5.11 Å². The van der Waals surface area contributed by atoms with Crippen LogP contribution in [0.2, 0.25) is 0 Å². The Morgan fingerprint density at radius 2 is 1.48 bits per heavy atom. The molecule has 1 fully saturated rings. The van der Waals surface area contributed by atoms with Gasteiger partial charge >= 0.3 is 0 Å². The van der Waals surface area contributed by atoms with Crippen LogP contribution in [0, 0.1) is 0 Å². The highest BCUT2D eigenvalue weighted by molar-refractivity contribution is 6.04. The number of fused-ring (bicyclic) bond motifs is 1. The number of hydrogen-bond donors (Lipinski definition) is 2. The molecule has 2 heteroatoms. The van der Waals surface area contributed by atoms with Crippen molar-refractivity contribution in [2.45, 2.75) is 18.8 Å². The number of anilines is 1. The van der Waals surface area contributed by atoms with Gasteiger partial charge in [-0.1, -0.05) is 54.6 Å². The molecule has 0 aliphatic heterocycles. The Morgan fingerprint density at radius 3 is 2.14 bits per heavy atom. The Bertz CT molecular complexity index is 820.